The maximum atomic E-state index is 13.0. The number of rotatable bonds is 3. The monoisotopic (exact) mass is 367 g/mol. The van der Waals surface area contributed by atoms with Gasteiger partial charge in [-0.05, 0) is 17.2 Å². The molecule has 28 heavy (non-hydrogen) atoms. The minimum absolute atomic E-state index is 0.566. The second kappa shape index (κ2) is 6.18. The van der Waals surface area contributed by atoms with Gasteiger partial charge in [0.25, 0.3) is 5.91 Å². The molecule has 0 saturated heterocycles. The van der Waals surface area contributed by atoms with Gasteiger partial charge in [0, 0.05) is 33.8 Å². The zero-order valence-corrected chi connectivity index (χ0v) is 14.9. The lowest BCUT2D eigenvalue weighted by molar-refractivity contribution is -0.136. The van der Waals surface area contributed by atoms with Gasteiger partial charge >= 0.3 is 0 Å². The summed E-state index contributed by atoms with van der Waals surface area (Å²) < 4.78 is 0. The number of para-hydroxylation sites is 1. The first-order chi connectivity index (χ1) is 13.7. The van der Waals surface area contributed by atoms with Crippen molar-refractivity contribution >= 4 is 23.0 Å². The van der Waals surface area contributed by atoms with E-state index >= 15 is 0 Å². The molecule has 1 amide bonds. The molecule has 5 nitrogen and oxygen atoms in total. The third-order valence-corrected chi connectivity index (χ3v) is 5.24. The van der Waals surface area contributed by atoms with Crippen LogP contribution in [0.2, 0.25) is 0 Å². The van der Waals surface area contributed by atoms with Crippen molar-refractivity contribution in [1.82, 2.24) is 10.4 Å². The van der Waals surface area contributed by atoms with Gasteiger partial charge < -0.3 is 10.1 Å². The first kappa shape index (κ1) is 16.5. The van der Waals surface area contributed by atoms with Crippen molar-refractivity contribution < 1.29 is 9.90 Å². The van der Waals surface area contributed by atoms with Crippen LogP contribution in [-0.4, -0.2) is 22.2 Å². The molecule has 0 fully saturated rings. The third kappa shape index (κ3) is 2.30. The Balaban J connectivity index is 1.48. The van der Waals surface area contributed by atoms with E-state index in [9.17, 15) is 9.90 Å². The van der Waals surface area contributed by atoms with Crippen LogP contribution in [0.3, 0.4) is 0 Å². The molecule has 5 rings (SSSR count). The Morgan fingerprint density at radius 2 is 1.54 bits per heavy atom. The van der Waals surface area contributed by atoms with Gasteiger partial charge in [-0.1, -0.05) is 66.7 Å². The van der Waals surface area contributed by atoms with Gasteiger partial charge in [0.2, 0.25) is 0 Å². The average molecular weight is 367 g/mol. The van der Waals surface area contributed by atoms with Crippen LogP contribution in [0, 0.1) is 0 Å². The van der Waals surface area contributed by atoms with Gasteiger partial charge in [-0.3, -0.25) is 4.79 Å². The summed E-state index contributed by atoms with van der Waals surface area (Å²) >= 11 is 0. The van der Waals surface area contributed by atoms with E-state index in [2.05, 4.69) is 15.5 Å². The summed E-state index contributed by atoms with van der Waals surface area (Å²) in [5, 5.41) is 16.5. The van der Waals surface area contributed by atoms with Crippen molar-refractivity contribution in [3.05, 3.63) is 95.7 Å². The van der Waals surface area contributed by atoms with Crippen LogP contribution < -0.4 is 5.43 Å². The Hall–Kier alpha value is -3.70. The fourth-order valence-electron chi connectivity index (χ4n) is 3.90. The van der Waals surface area contributed by atoms with Gasteiger partial charge in [-0.2, -0.15) is 5.10 Å². The molecule has 1 aromatic heterocycles. The highest BCUT2D eigenvalue weighted by Gasteiger charge is 2.47. The number of hydrogen-bond acceptors (Lipinski definition) is 3. The summed E-state index contributed by atoms with van der Waals surface area (Å²) in [7, 11) is 0. The highest BCUT2D eigenvalue weighted by atomic mass is 16.3. The zero-order valence-electron chi connectivity index (χ0n) is 14.9. The fraction of sp³-hybridized carbons (Fsp3) is 0.0435. The number of nitrogens with one attached hydrogen (secondary N) is 2. The number of carbonyl (C=O) groups is 1. The number of H-pyrrole nitrogens is 1. The van der Waals surface area contributed by atoms with Gasteiger partial charge in [0.1, 0.15) is 0 Å². The topological polar surface area (TPSA) is 77.5 Å². The number of amides is 1. The van der Waals surface area contributed by atoms with E-state index in [0.29, 0.717) is 11.1 Å². The lowest BCUT2D eigenvalue weighted by Crippen LogP contribution is -2.42. The molecule has 0 unspecified atom stereocenters. The van der Waals surface area contributed by atoms with Crippen molar-refractivity contribution in [2.45, 2.75) is 5.60 Å². The lowest BCUT2D eigenvalue weighted by atomic mass is 9.91. The molecule has 0 radical (unpaired) electrons. The first-order valence-corrected chi connectivity index (χ1v) is 9.01. The number of benzene rings is 3. The molecule has 5 heteroatoms. The van der Waals surface area contributed by atoms with Gasteiger partial charge in [-0.25, -0.2) is 5.43 Å². The van der Waals surface area contributed by atoms with Crippen LogP contribution in [0.25, 0.3) is 22.0 Å². The molecular formula is C23H17N3O2. The number of fused-ring (bicyclic) bond motifs is 4. The Morgan fingerprint density at radius 1 is 0.929 bits per heavy atom. The zero-order chi connectivity index (χ0) is 19.1. The minimum atomic E-state index is -1.77. The standard InChI is InChI=1S/C23H17N3O2/c27-22(26-25-14-15-13-24-21-12-6-3-7-16(15)21)23(28)19-10-4-1-8-17(19)18-9-2-5-11-20(18)23/h1-14,24,28H,(H,26,27)/b25-14+. The third-order valence-electron chi connectivity index (χ3n) is 5.24. The number of nitrogens with zero attached hydrogens (tertiary/aromatic N) is 1. The molecule has 4 aromatic rings. The molecular weight excluding hydrogens is 350 g/mol. The molecule has 3 N–H and O–H groups in total. The van der Waals surface area contributed by atoms with Crippen LogP contribution in [0.15, 0.2) is 84.1 Å². The summed E-state index contributed by atoms with van der Waals surface area (Å²) in [4.78, 5) is 16.2. The van der Waals surface area contributed by atoms with Gasteiger partial charge in [0.05, 0.1) is 6.21 Å². The van der Waals surface area contributed by atoms with E-state index < -0.39 is 11.5 Å². The summed E-state index contributed by atoms with van der Waals surface area (Å²) in [6.07, 6.45) is 3.40. The largest absolute Gasteiger partial charge is 0.372 e. The molecule has 3 aromatic carbocycles. The number of carbonyl (C=O) groups excluding carboxylic acids is 1. The lowest BCUT2D eigenvalue weighted by Gasteiger charge is -2.23. The quantitative estimate of drug-likeness (QED) is 0.383. The van der Waals surface area contributed by atoms with Crippen molar-refractivity contribution in [2.75, 3.05) is 0 Å². The molecule has 136 valence electrons. The Kier molecular flexibility index (Phi) is 3.64. The van der Waals surface area contributed by atoms with E-state index in [1.54, 1.807) is 18.3 Å². The van der Waals surface area contributed by atoms with Gasteiger partial charge in [0.15, 0.2) is 5.60 Å². The van der Waals surface area contributed by atoms with Crippen molar-refractivity contribution in [3.63, 3.8) is 0 Å². The second-order valence-electron chi connectivity index (χ2n) is 6.79. The van der Waals surface area contributed by atoms with Crippen molar-refractivity contribution in [3.8, 4) is 11.1 Å². The van der Waals surface area contributed by atoms with Crippen molar-refractivity contribution in [2.24, 2.45) is 5.10 Å². The molecule has 1 aliphatic carbocycles. The summed E-state index contributed by atoms with van der Waals surface area (Å²) in [6.45, 7) is 0. The van der Waals surface area contributed by atoms with Crippen LogP contribution >= 0.6 is 0 Å². The molecule has 0 atom stereocenters. The molecule has 0 bridgehead atoms. The predicted octanol–water partition coefficient (Wildman–Crippen LogP) is 3.53. The smallest absolute Gasteiger partial charge is 0.281 e. The number of hydrazone groups is 1. The number of hydrogen-bond donors (Lipinski definition) is 3. The maximum Gasteiger partial charge on any atom is 0.281 e. The minimum Gasteiger partial charge on any atom is -0.372 e. The molecule has 0 saturated carbocycles. The van der Waals surface area contributed by atoms with E-state index in [4.69, 9.17) is 0 Å². The Morgan fingerprint density at radius 3 is 2.25 bits per heavy atom. The molecule has 1 heterocycles. The Bertz CT molecular complexity index is 1190. The summed E-state index contributed by atoms with van der Waals surface area (Å²) in [5.41, 5.74) is 5.44. The van der Waals surface area contributed by atoms with E-state index in [0.717, 1.165) is 27.6 Å². The molecule has 0 aliphatic heterocycles. The van der Waals surface area contributed by atoms with Crippen LogP contribution in [0.1, 0.15) is 16.7 Å². The van der Waals surface area contributed by atoms with Crippen molar-refractivity contribution in [1.29, 1.82) is 0 Å². The highest BCUT2D eigenvalue weighted by Crippen LogP contribution is 2.47. The Labute approximate surface area is 161 Å². The summed E-state index contributed by atoms with van der Waals surface area (Å²) in [5.74, 6) is -0.582. The van der Waals surface area contributed by atoms with E-state index in [-0.39, 0.29) is 0 Å². The SMILES string of the molecule is O=C(N/N=C/c1c[nH]c2ccccc12)C1(O)c2ccccc2-c2ccccc21. The number of aromatic amines is 1. The van der Waals surface area contributed by atoms with Gasteiger partial charge in [-0.15, -0.1) is 0 Å². The molecule has 1 aliphatic rings. The van der Waals surface area contributed by atoms with Crippen LogP contribution in [-0.2, 0) is 10.4 Å². The predicted molar refractivity (Wildman–Crippen MR) is 109 cm³/mol. The van der Waals surface area contributed by atoms with E-state index in [1.807, 2.05) is 66.9 Å². The normalized spacial score (nSPS) is 14.2. The number of aliphatic hydroxyl groups is 1. The van der Waals surface area contributed by atoms with Crippen LogP contribution in [0.5, 0.6) is 0 Å². The molecule has 0 spiro atoms. The second-order valence-corrected chi connectivity index (χ2v) is 6.79. The van der Waals surface area contributed by atoms with E-state index in [1.165, 1.54) is 0 Å². The summed E-state index contributed by atoms with van der Waals surface area (Å²) in [6, 6.07) is 22.7. The average Bonchev–Trinajstić information content (AvgIpc) is 3.27. The number of aromatic nitrogens is 1. The maximum absolute atomic E-state index is 13.0. The van der Waals surface area contributed by atoms with Crippen LogP contribution in [0.4, 0.5) is 0 Å². The first-order valence-electron chi connectivity index (χ1n) is 9.01. The fourth-order valence-corrected chi connectivity index (χ4v) is 3.90. The highest BCUT2D eigenvalue weighted by molar-refractivity contribution is 6.01.